The predicted molar refractivity (Wildman–Crippen MR) is 59.3 cm³/mol. The second kappa shape index (κ2) is 7.43. The molecule has 0 bridgehead atoms. The Morgan fingerprint density at radius 1 is 1.47 bits per heavy atom. The second-order valence-corrected chi connectivity index (χ2v) is 3.46. The third-order valence-electron chi connectivity index (χ3n) is 2.18. The van der Waals surface area contributed by atoms with Crippen molar-refractivity contribution in [1.82, 2.24) is 4.90 Å². The van der Waals surface area contributed by atoms with E-state index in [-0.39, 0.29) is 0 Å². The van der Waals surface area contributed by atoms with Crippen LogP contribution < -0.4 is 0 Å². The lowest BCUT2D eigenvalue weighted by molar-refractivity contribution is -0.164. The van der Waals surface area contributed by atoms with Crippen molar-refractivity contribution < 1.29 is 14.6 Å². The number of rotatable bonds is 7. The number of carbonyl (C=O) groups is 1. The SMILES string of the molecule is C=C(C)C(=O)OC(O)CCN(CC)CC. The van der Waals surface area contributed by atoms with Gasteiger partial charge < -0.3 is 14.7 Å². The van der Waals surface area contributed by atoms with Crippen LogP contribution in [0.3, 0.4) is 0 Å². The van der Waals surface area contributed by atoms with E-state index in [0.717, 1.165) is 19.6 Å². The highest BCUT2D eigenvalue weighted by Gasteiger charge is 2.12. The molecule has 0 amide bonds. The number of carbonyl (C=O) groups excluding carboxylic acids is 1. The van der Waals surface area contributed by atoms with E-state index in [2.05, 4.69) is 25.3 Å². The first-order valence-corrected chi connectivity index (χ1v) is 5.28. The second-order valence-electron chi connectivity index (χ2n) is 3.46. The molecule has 0 rings (SSSR count). The van der Waals surface area contributed by atoms with Gasteiger partial charge in [-0.25, -0.2) is 4.79 Å². The van der Waals surface area contributed by atoms with Crippen LogP contribution in [-0.2, 0) is 9.53 Å². The Hall–Kier alpha value is -0.870. The molecule has 0 aromatic rings. The lowest BCUT2D eigenvalue weighted by Crippen LogP contribution is -2.28. The average molecular weight is 215 g/mol. The van der Waals surface area contributed by atoms with Crippen molar-refractivity contribution in [3.8, 4) is 0 Å². The number of hydrogen-bond donors (Lipinski definition) is 1. The summed E-state index contributed by atoms with van der Waals surface area (Å²) in [6.45, 7) is 11.7. The molecule has 0 heterocycles. The number of ether oxygens (including phenoxy) is 1. The molecule has 1 N–H and O–H groups in total. The molecule has 0 spiro atoms. The van der Waals surface area contributed by atoms with E-state index in [9.17, 15) is 9.90 Å². The summed E-state index contributed by atoms with van der Waals surface area (Å²) in [4.78, 5) is 13.2. The molecule has 0 aromatic heterocycles. The lowest BCUT2D eigenvalue weighted by atomic mass is 10.3. The summed E-state index contributed by atoms with van der Waals surface area (Å²) in [5.41, 5.74) is 0.303. The maximum absolute atomic E-state index is 11.0. The van der Waals surface area contributed by atoms with E-state index in [0.29, 0.717) is 12.0 Å². The third kappa shape index (κ3) is 6.25. The van der Waals surface area contributed by atoms with E-state index in [1.807, 2.05) is 0 Å². The van der Waals surface area contributed by atoms with E-state index >= 15 is 0 Å². The van der Waals surface area contributed by atoms with Crippen LogP contribution in [0.2, 0.25) is 0 Å². The van der Waals surface area contributed by atoms with Crippen LogP contribution in [0.25, 0.3) is 0 Å². The topological polar surface area (TPSA) is 49.8 Å². The Labute approximate surface area is 91.5 Å². The van der Waals surface area contributed by atoms with Crippen molar-refractivity contribution in [2.75, 3.05) is 19.6 Å². The van der Waals surface area contributed by atoms with Gasteiger partial charge in [0, 0.05) is 18.5 Å². The Bertz CT molecular complexity index is 212. The maximum Gasteiger partial charge on any atom is 0.335 e. The van der Waals surface area contributed by atoms with Gasteiger partial charge in [-0.3, -0.25) is 0 Å². The molecule has 0 aliphatic rings. The van der Waals surface area contributed by atoms with Gasteiger partial charge in [-0.15, -0.1) is 0 Å². The molecule has 4 heteroatoms. The summed E-state index contributed by atoms with van der Waals surface area (Å²) in [5, 5.41) is 9.40. The first kappa shape index (κ1) is 14.1. The molecule has 0 radical (unpaired) electrons. The zero-order valence-corrected chi connectivity index (χ0v) is 9.82. The molecule has 0 fully saturated rings. The van der Waals surface area contributed by atoms with Crippen molar-refractivity contribution in [2.24, 2.45) is 0 Å². The molecule has 1 unspecified atom stereocenters. The van der Waals surface area contributed by atoms with Gasteiger partial charge in [0.15, 0.2) is 0 Å². The normalized spacial score (nSPS) is 12.6. The molecule has 88 valence electrons. The van der Waals surface area contributed by atoms with Crippen LogP contribution in [0.1, 0.15) is 27.2 Å². The first-order chi connectivity index (χ1) is 7.01. The van der Waals surface area contributed by atoms with E-state index < -0.39 is 12.3 Å². The molecule has 0 aliphatic carbocycles. The molecule has 15 heavy (non-hydrogen) atoms. The van der Waals surface area contributed by atoms with Crippen molar-refractivity contribution in [1.29, 1.82) is 0 Å². The van der Waals surface area contributed by atoms with Gasteiger partial charge in [0.05, 0.1) is 0 Å². The highest BCUT2D eigenvalue weighted by atomic mass is 16.6. The van der Waals surface area contributed by atoms with Crippen molar-refractivity contribution in [3.63, 3.8) is 0 Å². The molecule has 4 nitrogen and oxygen atoms in total. The molecule has 0 saturated carbocycles. The lowest BCUT2D eigenvalue weighted by Gasteiger charge is -2.19. The van der Waals surface area contributed by atoms with Crippen molar-refractivity contribution >= 4 is 5.97 Å². The Balaban J connectivity index is 3.79. The quantitative estimate of drug-likeness (QED) is 0.393. The third-order valence-corrected chi connectivity index (χ3v) is 2.18. The van der Waals surface area contributed by atoms with E-state index in [4.69, 9.17) is 4.74 Å². The minimum Gasteiger partial charge on any atom is -0.433 e. The fourth-order valence-corrected chi connectivity index (χ4v) is 1.12. The number of aliphatic hydroxyl groups is 1. The van der Waals surface area contributed by atoms with Gasteiger partial charge in [-0.05, 0) is 20.0 Å². The Kier molecular flexibility index (Phi) is 6.99. The van der Waals surface area contributed by atoms with Gasteiger partial charge in [0.1, 0.15) is 0 Å². The van der Waals surface area contributed by atoms with Gasteiger partial charge >= 0.3 is 5.97 Å². The van der Waals surface area contributed by atoms with Crippen LogP contribution >= 0.6 is 0 Å². The molecule has 1 atom stereocenters. The molecular formula is C11H21NO3. The number of hydrogen-bond acceptors (Lipinski definition) is 4. The Morgan fingerprint density at radius 2 is 2.00 bits per heavy atom. The first-order valence-electron chi connectivity index (χ1n) is 5.28. The monoisotopic (exact) mass is 215 g/mol. The number of esters is 1. The summed E-state index contributed by atoms with van der Waals surface area (Å²) in [6.07, 6.45) is -0.601. The minimum absolute atomic E-state index is 0.303. The van der Waals surface area contributed by atoms with E-state index in [1.54, 1.807) is 6.92 Å². The maximum atomic E-state index is 11.0. The summed E-state index contributed by atoms with van der Waals surface area (Å²) in [6, 6.07) is 0. The van der Waals surface area contributed by atoms with Crippen LogP contribution in [0.4, 0.5) is 0 Å². The van der Waals surface area contributed by atoms with Crippen LogP contribution in [0.5, 0.6) is 0 Å². The highest BCUT2D eigenvalue weighted by Crippen LogP contribution is 2.01. The molecular weight excluding hydrogens is 194 g/mol. The Morgan fingerprint density at radius 3 is 2.40 bits per heavy atom. The van der Waals surface area contributed by atoms with Gasteiger partial charge in [0.2, 0.25) is 6.29 Å². The number of aliphatic hydroxyl groups excluding tert-OH is 1. The molecule has 0 saturated heterocycles. The van der Waals surface area contributed by atoms with Crippen LogP contribution in [0.15, 0.2) is 12.2 Å². The van der Waals surface area contributed by atoms with Crippen LogP contribution in [0, 0.1) is 0 Å². The van der Waals surface area contributed by atoms with Crippen molar-refractivity contribution in [3.05, 3.63) is 12.2 Å². The average Bonchev–Trinajstić information content (AvgIpc) is 2.19. The van der Waals surface area contributed by atoms with Gasteiger partial charge in [-0.1, -0.05) is 20.4 Å². The smallest absolute Gasteiger partial charge is 0.335 e. The minimum atomic E-state index is -1.03. The predicted octanol–water partition coefficient (Wildman–Crippen LogP) is 1.16. The zero-order valence-electron chi connectivity index (χ0n) is 9.82. The zero-order chi connectivity index (χ0) is 11.8. The van der Waals surface area contributed by atoms with E-state index in [1.165, 1.54) is 0 Å². The number of nitrogens with zero attached hydrogens (tertiary/aromatic N) is 1. The van der Waals surface area contributed by atoms with Gasteiger partial charge in [-0.2, -0.15) is 0 Å². The largest absolute Gasteiger partial charge is 0.433 e. The summed E-state index contributed by atoms with van der Waals surface area (Å²) >= 11 is 0. The summed E-state index contributed by atoms with van der Waals surface area (Å²) in [7, 11) is 0. The fourth-order valence-electron chi connectivity index (χ4n) is 1.12. The molecule has 0 aliphatic heterocycles. The van der Waals surface area contributed by atoms with Crippen LogP contribution in [-0.4, -0.2) is 41.9 Å². The highest BCUT2D eigenvalue weighted by molar-refractivity contribution is 5.86. The standard InChI is InChI=1S/C11H21NO3/c1-5-12(6-2)8-7-10(13)15-11(14)9(3)4/h10,13H,3,5-8H2,1-2,4H3. The fraction of sp³-hybridized carbons (Fsp3) is 0.727. The molecule has 0 aromatic carbocycles. The van der Waals surface area contributed by atoms with Gasteiger partial charge in [0.25, 0.3) is 0 Å². The summed E-state index contributed by atoms with van der Waals surface area (Å²) in [5.74, 6) is -0.540. The summed E-state index contributed by atoms with van der Waals surface area (Å²) < 4.78 is 4.74. The van der Waals surface area contributed by atoms with Crippen molar-refractivity contribution in [2.45, 2.75) is 33.5 Å².